The second kappa shape index (κ2) is 16.6. The third-order valence-electron chi connectivity index (χ3n) is 4.95. The van der Waals surface area contributed by atoms with E-state index >= 15 is 0 Å². The molecule has 0 spiro atoms. The van der Waals surface area contributed by atoms with E-state index in [0.29, 0.717) is 17.9 Å². The Balaban J connectivity index is 2.95. The third-order valence-corrected chi connectivity index (χ3v) is 5.96. The van der Waals surface area contributed by atoms with E-state index < -0.39 is 47.9 Å². The Morgan fingerprint density at radius 3 is 2.25 bits per heavy atom. The highest BCUT2D eigenvalue weighted by Gasteiger charge is 2.29. The van der Waals surface area contributed by atoms with E-state index in [4.69, 9.17) is 17.2 Å². The first-order chi connectivity index (χ1) is 17.1. The number of thiol groups is 1. The van der Waals surface area contributed by atoms with Gasteiger partial charge in [-0.05, 0) is 31.3 Å². The van der Waals surface area contributed by atoms with E-state index in [1.54, 1.807) is 0 Å². The maximum absolute atomic E-state index is 13.1. The van der Waals surface area contributed by atoms with E-state index in [0.717, 1.165) is 0 Å². The second-order valence-corrected chi connectivity index (χ2v) is 9.17. The van der Waals surface area contributed by atoms with Crippen molar-refractivity contribution in [3.63, 3.8) is 0 Å². The fraction of sp³-hybridized carbons (Fsp3) is 0.600. The number of guanidine groups is 1. The predicted octanol–water partition coefficient (Wildman–Crippen LogP) is -2.44. The number of rotatable bonds is 17. The first kappa shape index (κ1) is 31.1. The minimum absolute atomic E-state index is 0.104. The number of carboxylic acid groups (broad SMARTS) is 1. The van der Waals surface area contributed by atoms with Crippen LogP contribution in [-0.2, 0) is 25.6 Å². The van der Waals surface area contributed by atoms with Crippen LogP contribution in [0.1, 0.15) is 25.0 Å². The molecule has 4 unspecified atom stereocenters. The Labute approximate surface area is 218 Å². The van der Waals surface area contributed by atoms with Crippen LogP contribution < -0.4 is 33.2 Å². The molecule has 11 N–H and O–H groups in total. The molecule has 0 aliphatic rings. The lowest BCUT2D eigenvalue weighted by Crippen LogP contribution is -2.57. The van der Waals surface area contributed by atoms with Crippen molar-refractivity contribution in [1.82, 2.24) is 25.9 Å². The number of nitrogens with zero attached hydrogens (tertiary/aromatic N) is 2. The number of carbonyl (C=O) groups is 4. The van der Waals surface area contributed by atoms with Gasteiger partial charge in [0.1, 0.15) is 18.1 Å². The molecule has 36 heavy (non-hydrogen) atoms. The number of aromatic nitrogens is 2. The number of carbonyl (C=O) groups excluding carboxylic acids is 3. The third kappa shape index (κ3) is 11.6. The van der Waals surface area contributed by atoms with Crippen molar-refractivity contribution in [2.24, 2.45) is 22.2 Å². The monoisotopic (exact) mass is 545 g/mol. The highest BCUT2D eigenvalue weighted by atomic mass is 32.2. The maximum atomic E-state index is 13.1. The molecular weight excluding hydrogens is 510 g/mol. The van der Waals surface area contributed by atoms with Crippen molar-refractivity contribution in [2.45, 2.75) is 49.9 Å². The molecule has 3 amide bonds. The zero-order valence-corrected chi connectivity index (χ0v) is 21.7. The number of imidazole rings is 1. The molecule has 0 aliphatic heterocycles. The minimum Gasteiger partial charge on any atom is -0.480 e. The highest BCUT2D eigenvalue weighted by Crippen LogP contribution is 2.06. The van der Waals surface area contributed by atoms with Gasteiger partial charge in [-0.3, -0.25) is 19.4 Å². The van der Waals surface area contributed by atoms with Crippen molar-refractivity contribution >= 4 is 54.0 Å². The first-order valence-electron chi connectivity index (χ1n) is 11.1. The van der Waals surface area contributed by atoms with Crippen LogP contribution in [0.3, 0.4) is 0 Å². The molecule has 1 rings (SSSR count). The SMILES string of the molecule is CSCCC(NC(=O)C(CCCN=C(N)N)NC(=O)C(N)Cc1cnc[nH]1)C(=O)NC(CS)C(=O)O. The van der Waals surface area contributed by atoms with Crippen LogP contribution in [-0.4, -0.2) is 93.2 Å². The normalized spacial score (nSPS) is 14.1. The Morgan fingerprint density at radius 1 is 1.11 bits per heavy atom. The molecule has 0 radical (unpaired) electrons. The number of hydrogen-bond donors (Lipinski definition) is 9. The fourth-order valence-electron chi connectivity index (χ4n) is 3.01. The van der Waals surface area contributed by atoms with Gasteiger partial charge in [-0.1, -0.05) is 0 Å². The summed E-state index contributed by atoms with van der Waals surface area (Å²) in [7, 11) is 0. The Hall–Kier alpha value is -2.98. The number of carboxylic acids is 1. The standard InChI is InChI=1S/C20H35N9O5S2/c1-36-6-4-14(18(32)29-15(9-35)19(33)34)28-17(31)13(3-2-5-25-20(22)23)27-16(30)12(21)7-11-8-24-10-26-11/h8,10,12-15,35H,2-7,9,21H2,1H3,(H,24,26)(H,27,30)(H,28,31)(H,29,32)(H,33,34)(H4,22,23,25). The van der Waals surface area contributed by atoms with Gasteiger partial charge < -0.3 is 43.2 Å². The van der Waals surface area contributed by atoms with Gasteiger partial charge in [0.2, 0.25) is 17.7 Å². The first-order valence-corrected chi connectivity index (χ1v) is 13.1. The molecule has 1 heterocycles. The van der Waals surface area contributed by atoms with Gasteiger partial charge in [0.15, 0.2) is 5.96 Å². The number of nitrogens with one attached hydrogen (secondary N) is 4. The van der Waals surface area contributed by atoms with Crippen LogP contribution >= 0.6 is 24.4 Å². The minimum atomic E-state index is -1.25. The van der Waals surface area contributed by atoms with Crippen molar-refractivity contribution in [1.29, 1.82) is 0 Å². The van der Waals surface area contributed by atoms with E-state index in [1.165, 1.54) is 24.3 Å². The largest absolute Gasteiger partial charge is 0.480 e. The number of H-pyrrole nitrogens is 1. The van der Waals surface area contributed by atoms with Crippen molar-refractivity contribution < 1.29 is 24.3 Å². The topological polar surface area (TPSA) is 244 Å². The van der Waals surface area contributed by atoms with Crippen LogP contribution in [0.15, 0.2) is 17.5 Å². The number of aliphatic carboxylic acids is 1. The summed E-state index contributed by atoms with van der Waals surface area (Å²) < 4.78 is 0. The van der Waals surface area contributed by atoms with Crippen molar-refractivity contribution in [3.05, 3.63) is 18.2 Å². The van der Waals surface area contributed by atoms with E-state index in [2.05, 4.69) is 43.5 Å². The van der Waals surface area contributed by atoms with Crippen LogP contribution in [0.2, 0.25) is 0 Å². The van der Waals surface area contributed by atoms with Crippen molar-refractivity contribution in [3.8, 4) is 0 Å². The van der Waals surface area contributed by atoms with Gasteiger partial charge in [-0.2, -0.15) is 24.4 Å². The smallest absolute Gasteiger partial charge is 0.327 e. The summed E-state index contributed by atoms with van der Waals surface area (Å²) in [5.41, 5.74) is 17.3. The van der Waals surface area contributed by atoms with Gasteiger partial charge in [0.05, 0.1) is 12.4 Å². The quantitative estimate of drug-likeness (QED) is 0.0433. The van der Waals surface area contributed by atoms with Gasteiger partial charge in [-0.25, -0.2) is 9.78 Å². The maximum Gasteiger partial charge on any atom is 0.327 e. The lowest BCUT2D eigenvalue weighted by Gasteiger charge is -2.25. The molecule has 0 saturated carbocycles. The summed E-state index contributed by atoms with van der Waals surface area (Å²) in [5.74, 6) is -2.81. The molecule has 1 aromatic heterocycles. The van der Waals surface area contributed by atoms with Crippen LogP contribution in [0.25, 0.3) is 0 Å². The summed E-state index contributed by atoms with van der Waals surface area (Å²) in [4.78, 5) is 60.4. The average Bonchev–Trinajstić information content (AvgIpc) is 3.34. The number of aliphatic imine (C=N–C) groups is 1. The molecule has 14 nitrogen and oxygen atoms in total. The molecule has 1 aromatic rings. The molecule has 4 atom stereocenters. The molecule has 0 fully saturated rings. The highest BCUT2D eigenvalue weighted by molar-refractivity contribution is 7.98. The van der Waals surface area contributed by atoms with E-state index in [1.807, 2.05) is 6.26 Å². The van der Waals surface area contributed by atoms with Gasteiger partial charge in [0, 0.05) is 30.6 Å². The second-order valence-electron chi connectivity index (χ2n) is 7.82. The summed E-state index contributed by atoms with van der Waals surface area (Å²) in [6.07, 6.45) is 5.76. The fourth-order valence-corrected chi connectivity index (χ4v) is 3.73. The lowest BCUT2D eigenvalue weighted by atomic mass is 10.1. The Bertz CT molecular complexity index is 881. The van der Waals surface area contributed by atoms with Crippen molar-refractivity contribution in [2.75, 3.05) is 24.3 Å². The summed E-state index contributed by atoms with van der Waals surface area (Å²) >= 11 is 5.39. The zero-order valence-electron chi connectivity index (χ0n) is 20.0. The van der Waals surface area contributed by atoms with Gasteiger partial charge in [-0.15, -0.1) is 0 Å². The van der Waals surface area contributed by atoms with Crippen LogP contribution in [0, 0.1) is 0 Å². The molecular formula is C20H35N9O5S2. The average molecular weight is 546 g/mol. The van der Waals surface area contributed by atoms with Crippen LogP contribution in [0.5, 0.6) is 0 Å². The molecule has 0 bridgehead atoms. The summed E-state index contributed by atoms with van der Waals surface area (Å²) in [6, 6.07) is -4.24. The zero-order chi connectivity index (χ0) is 27.1. The molecule has 16 heteroatoms. The number of nitrogens with two attached hydrogens (primary N) is 3. The number of hydrogen-bond acceptors (Lipinski definition) is 9. The van der Waals surface area contributed by atoms with Crippen LogP contribution in [0.4, 0.5) is 0 Å². The van der Waals surface area contributed by atoms with Gasteiger partial charge >= 0.3 is 5.97 Å². The molecule has 202 valence electrons. The van der Waals surface area contributed by atoms with E-state index in [-0.39, 0.29) is 37.5 Å². The molecule has 0 saturated heterocycles. The molecule has 0 aromatic carbocycles. The number of aromatic amines is 1. The summed E-state index contributed by atoms with van der Waals surface area (Å²) in [5, 5.41) is 16.8. The lowest BCUT2D eigenvalue weighted by molar-refractivity contribution is -0.141. The molecule has 0 aliphatic carbocycles. The predicted molar refractivity (Wildman–Crippen MR) is 140 cm³/mol. The van der Waals surface area contributed by atoms with E-state index in [9.17, 15) is 24.3 Å². The Morgan fingerprint density at radius 2 is 1.72 bits per heavy atom. The summed E-state index contributed by atoms with van der Waals surface area (Å²) in [6.45, 7) is 0.223. The Kier molecular flexibility index (Phi) is 14.4. The van der Waals surface area contributed by atoms with Gasteiger partial charge in [0.25, 0.3) is 0 Å². The number of thioether (sulfide) groups is 1. The number of amides is 3.